The molecular formula is C18H25N3O2. The van der Waals surface area contributed by atoms with E-state index in [4.69, 9.17) is 11.2 Å². The number of nitrogens with zero attached hydrogens (tertiary/aromatic N) is 2. The fourth-order valence-electron chi connectivity index (χ4n) is 6.30. The summed E-state index contributed by atoms with van der Waals surface area (Å²) in [7, 11) is 0. The van der Waals surface area contributed by atoms with E-state index in [0.29, 0.717) is 32.1 Å². The number of rotatable bonds is 2. The van der Waals surface area contributed by atoms with Crippen molar-refractivity contribution in [1.29, 1.82) is 5.26 Å². The molecule has 5 heteroatoms. The van der Waals surface area contributed by atoms with E-state index in [1.165, 1.54) is 0 Å². The van der Waals surface area contributed by atoms with Gasteiger partial charge in [-0.05, 0) is 74.5 Å². The van der Waals surface area contributed by atoms with E-state index in [0.717, 1.165) is 11.3 Å². The Morgan fingerprint density at radius 3 is 2.74 bits per heavy atom. The number of amides is 1. The van der Waals surface area contributed by atoms with E-state index >= 15 is 0 Å². The molecule has 6 aliphatic rings. The molecule has 0 spiro atoms. The van der Waals surface area contributed by atoms with Gasteiger partial charge in [-0.15, -0.1) is 0 Å². The van der Waals surface area contributed by atoms with Crippen LogP contribution in [0.4, 0.5) is 0 Å². The maximum Gasteiger partial charge on any atom is 0.241 e. The predicted molar refractivity (Wildman–Crippen MR) is 82.8 cm³/mol. The van der Waals surface area contributed by atoms with Gasteiger partial charge in [0.15, 0.2) is 0 Å². The number of carbonyl (C=O) groups excluding carboxylic acids is 1. The molecular weight excluding hydrogens is 290 g/mol. The molecule has 0 aromatic carbocycles. The van der Waals surface area contributed by atoms with E-state index < -0.39 is 47.3 Å². The number of nitriles is 1. The Balaban J connectivity index is 1.52. The summed E-state index contributed by atoms with van der Waals surface area (Å²) >= 11 is 0. The number of carbonyl (C=O) groups is 1. The minimum Gasteiger partial charge on any atom is -0.390 e. The van der Waals surface area contributed by atoms with Crippen LogP contribution in [0.3, 0.4) is 0 Å². The fourth-order valence-corrected chi connectivity index (χ4v) is 6.30. The smallest absolute Gasteiger partial charge is 0.241 e. The molecule has 4 bridgehead atoms. The van der Waals surface area contributed by atoms with E-state index in [9.17, 15) is 15.2 Å². The van der Waals surface area contributed by atoms with Gasteiger partial charge in [-0.25, -0.2) is 0 Å². The Kier molecular flexibility index (Phi) is 1.99. The molecule has 1 heterocycles. The SMILES string of the molecule is [2H]C1([2H])[C@H]2C[C@@]([2H])(C#N)N(C(=O)[C@]([2H])(N)C34CC5CC(CC(O)(C5)C3)C4)[C@H]21. The average molecular weight is 319 g/mol. The van der Waals surface area contributed by atoms with Crippen molar-refractivity contribution in [2.45, 2.75) is 75.0 Å². The maximum absolute atomic E-state index is 13.5. The average Bonchev–Trinajstić information content (AvgIpc) is 2.90. The van der Waals surface area contributed by atoms with Gasteiger partial charge in [-0.2, -0.15) is 5.26 Å². The lowest BCUT2D eigenvalue weighted by molar-refractivity contribution is -0.177. The van der Waals surface area contributed by atoms with Gasteiger partial charge in [0, 0.05) is 8.78 Å². The molecule has 0 aromatic rings. The molecule has 5 aliphatic carbocycles. The van der Waals surface area contributed by atoms with Gasteiger partial charge in [0.2, 0.25) is 5.91 Å². The van der Waals surface area contributed by atoms with Crippen LogP contribution in [0, 0.1) is 34.5 Å². The van der Waals surface area contributed by atoms with Gasteiger partial charge >= 0.3 is 0 Å². The third kappa shape index (κ3) is 1.88. The van der Waals surface area contributed by atoms with Gasteiger partial charge in [0.1, 0.15) is 6.02 Å². The van der Waals surface area contributed by atoms with Crippen LogP contribution in [0.25, 0.3) is 0 Å². The topological polar surface area (TPSA) is 90.4 Å². The molecule has 23 heavy (non-hydrogen) atoms. The molecule has 5 nitrogen and oxygen atoms in total. The highest BCUT2D eigenvalue weighted by Gasteiger charge is 2.62. The van der Waals surface area contributed by atoms with Crippen molar-refractivity contribution in [2.24, 2.45) is 28.9 Å². The van der Waals surface area contributed by atoms with E-state index in [1.807, 2.05) is 6.07 Å². The first kappa shape index (κ1) is 10.7. The molecule has 0 radical (unpaired) electrons. The van der Waals surface area contributed by atoms with Crippen LogP contribution in [0.5, 0.6) is 0 Å². The number of piperidine rings is 1. The molecule has 0 aromatic heterocycles. The number of fused-ring (bicyclic) bond motifs is 1. The molecule has 124 valence electrons. The Labute approximate surface area is 142 Å². The zero-order chi connectivity index (χ0) is 19.6. The standard InChI is InChI=1S/C18H25N3O2/c19-8-13-2-12-3-14(12)21(13)16(22)15(20)17-4-10-1-11(5-17)7-18(23,6-10)9-17/h10-15,23H,1-7,9,20H2/t10?,11?,12-,13+,14+,15+,17?,18?/m1/s1/i3D2,13D,15D. The Morgan fingerprint density at radius 2 is 2.13 bits per heavy atom. The largest absolute Gasteiger partial charge is 0.390 e. The third-order valence-corrected chi connectivity index (χ3v) is 6.82. The van der Waals surface area contributed by atoms with Crippen molar-refractivity contribution in [3.63, 3.8) is 0 Å². The molecule has 6 atom stereocenters. The second-order valence-corrected chi connectivity index (χ2v) is 8.54. The number of hydrogen-bond acceptors (Lipinski definition) is 4. The van der Waals surface area contributed by atoms with E-state index in [-0.39, 0.29) is 18.3 Å². The fraction of sp³-hybridized carbons (Fsp3) is 0.889. The molecule has 5 saturated carbocycles. The van der Waals surface area contributed by atoms with Crippen molar-refractivity contribution in [3.05, 3.63) is 0 Å². The first-order valence-electron chi connectivity index (χ1n) is 10.6. The van der Waals surface area contributed by atoms with Gasteiger partial charge in [-0.3, -0.25) is 4.79 Å². The minimum atomic E-state index is -2.07. The maximum atomic E-state index is 13.5. The lowest BCUT2D eigenvalue weighted by atomic mass is 9.46. The van der Waals surface area contributed by atoms with Gasteiger partial charge in [0.25, 0.3) is 0 Å². The summed E-state index contributed by atoms with van der Waals surface area (Å²) in [6.45, 7) is 0. The number of nitrogens with two attached hydrogens (primary N) is 1. The summed E-state index contributed by atoms with van der Waals surface area (Å²) in [5.74, 6) is -0.881. The summed E-state index contributed by atoms with van der Waals surface area (Å²) in [5, 5.41) is 20.5. The van der Waals surface area contributed by atoms with Crippen LogP contribution in [0.15, 0.2) is 0 Å². The van der Waals surface area contributed by atoms with Crippen LogP contribution in [-0.4, -0.2) is 39.6 Å². The highest BCUT2D eigenvalue weighted by molar-refractivity contribution is 5.84. The van der Waals surface area contributed by atoms with Crippen LogP contribution in [0.1, 0.15) is 56.8 Å². The number of likely N-dealkylation sites (tertiary alicyclic amines) is 1. The van der Waals surface area contributed by atoms with E-state index in [2.05, 4.69) is 0 Å². The zero-order valence-electron chi connectivity index (χ0n) is 17.1. The quantitative estimate of drug-likeness (QED) is 0.799. The molecule has 2 unspecified atom stereocenters. The van der Waals surface area contributed by atoms with Crippen LogP contribution in [0.2, 0.25) is 0 Å². The highest BCUT2D eigenvalue weighted by atomic mass is 16.3. The Hall–Kier alpha value is -1.12. The van der Waals surface area contributed by atoms with Crippen LogP contribution >= 0.6 is 0 Å². The first-order valence-corrected chi connectivity index (χ1v) is 8.64. The van der Waals surface area contributed by atoms with Gasteiger partial charge in [-0.1, -0.05) is 0 Å². The molecule has 1 saturated heterocycles. The lowest BCUT2D eigenvalue weighted by Gasteiger charge is -2.61. The van der Waals surface area contributed by atoms with Gasteiger partial charge in [0.05, 0.1) is 20.4 Å². The second-order valence-electron chi connectivity index (χ2n) is 8.54. The zero-order valence-corrected chi connectivity index (χ0v) is 13.1. The Bertz CT molecular complexity index is 767. The first-order chi connectivity index (χ1) is 12.4. The molecule has 1 amide bonds. The normalized spacial score (nSPS) is 63.1. The summed E-state index contributed by atoms with van der Waals surface area (Å²) in [6.07, 6.45) is 2.18. The van der Waals surface area contributed by atoms with E-state index in [1.54, 1.807) is 0 Å². The number of aliphatic hydroxyl groups is 1. The third-order valence-electron chi connectivity index (χ3n) is 6.82. The molecule has 1 aliphatic heterocycles. The summed E-state index contributed by atoms with van der Waals surface area (Å²) < 4.78 is 33.4. The minimum absolute atomic E-state index is 0.0504. The van der Waals surface area contributed by atoms with Crippen molar-refractivity contribution < 1.29 is 15.4 Å². The van der Waals surface area contributed by atoms with Crippen molar-refractivity contribution in [2.75, 3.05) is 0 Å². The highest BCUT2D eigenvalue weighted by Crippen LogP contribution is 2.63. The van der Waals surface area contributed by atoms with Crippen LogP contribution in [-0.2, 0) is 4.79 Å². The predicted octanol–water partition coefficient (Wildman–Crippen LogP) is 1.16. The van der Waals surface area contributed by atoms with Crippen molar-refractivity contribution in [1.82, 2.24) is 4.90 Å². The summed E-state index contributed by atoms with van der Waals surface area (Å²) in [4.78, 5) is 14.4. The Morgan fingerprint density at radius 1 is 1.43 bits per heavy atom. The summed E-state index contributed by atoms with van der Waals surface area (Å²) in [5.41, 5.74) is 4.63. The van der Waals surface area contributed by atoms with Gasteiger partial charge < -0.3 is 15.7 Å². The molecule has 6 rings (SSSR count). The molecule has 3 N–H and O–H groups in total. The number of hydrogen-bond donors (Lipinski definition) is 2. The molecule has 6 fully saturated rings. The lowest BCUT2D eigenvalue weighted by Crippen LogP contribution is -2.64. The second kappa shape index (κ2) is 4.29. The van der Waals surface area contributed by atoms with Crippen molar-refractivity contribution >= 4 is 5.91 Å². The monoisotopic (exact) mass is 319 g/mol. The van der Waals surface area contributed by atoms with Crippen LogP contribution < -0.4 is 5.73 Å². The van der Waals surface area contributed by atoms with Crippen molar-refractivity contribution in [3.8, 4) is 6.07 Å². The summed E-state index contributed by atoms with van der Waals surface area (Å²) in [6, 6.07) is -2.96.